The molecular weight excluding hydrogens is 266 g/mol. The number of nitrogens with two attached hydrogens (primary N) is 1. The van der Waals surface area contributed by atoms with Crippen LogP contribution in [0, 0.1) is 0 Å². The molecule has 2 rings (SSSR count). The predicted octanol–water partition coefficient (Wildman–Crippen LogP) is 1.50. The second kappa shape index (κ2) is 6.85. The molecule has 0 saturated heterocycles. The fourth-order valence-electron chi connectivity index (χ4n) is 2.17. The summed E-state index contributed by atoms with van der Waals surface area (Å²) in [7, 11) is 0. The van der Waals surface area contributed by atoms with Gasteiger partial charge in [-0.25, -0.2) is 0 Å². The number of hydrogen-bond acceptors (Lipinski definition) is 3. The Balaban J connectivity index is 2.21. The molecule has 1 amide bonds. The van der Waals surface area contributed by atoms with Crippen LogP contribution in [0.3, 0.4) is 0 Å². The molecule has 0 unspecified atom stereocenters. The molecule has 0 fully saturated rings. The highest BCUT2D eigenvalue weighted by Crippen LogP contribution is 2.13. The van der Waals surface area contributed by atoms with E-state index in [1.165, 1.54) is 12.3 Å². The highest BCUT2D eigenvalue weighted by atomic mass is 16.2. The van der Waals surface area contributed by atoms with Crippen LogP contribution in [0.25, 0.3) is 0 Å². The molecule has 1 heterocycles. The van der Waals surface area contributed by atoms with Gasteiger partial charge < -0.3 is 15.6 Å². The van der Waals surface area contributed by atoms with Gasteiger partial charge in [0, 0.05) is 31.9 Å². The van der Waals surface area contributed by atoms with Crippen molar-refractivity contribution in [3.63, 3.8) is 0 Å². The molecule has 21 heavy (non-hydrogen) atoms. The lowest BCUT2D eigenvalue weighted by Crippen LogP contribution is -2.31. The van der Waals surface area contributed by atoms with Crippen molar-refractivity contribution in [1.82, 2.24) is 9.88 Å². The average molecular weight is 285 g/mol. The van der Waals surface area contributed by atoms with Crippen LogP contribution in [-0.4, -0.2) is 22.3 Å². The lowest BCUT2D eigenvalue weighted by Gasteiger charge is -2.22. The topological polar surface area (TPSA) is 79.2 Å². The zero-order chi connectivity index (χ0) is 15.2. The van der Waals surface area contributed by atoms with Gasteiger partial charge in [0.15, 0.2) is 0 Å². The third-order valence-electron chi connectivity index (χ3n) is 3.40. The molecule has 5 nitrogen and oxygen atoms in total. The first-order chi connectivity index (χ1) is 10.2. The van der Waals surface area contributed by atoms with Crippen LogP contribution in [0.15, 0.2) is 47.4 Å². The second-order valence-electron chi connectivity index (χ2n) is 4.73. The number of pyridine rings is 1. The van der Waals surface area contributed by atoms with Crippen molar-refractivity contribution in [2.45, 2.75) is 20.0 Å². The smallest absolute Gasteiger partial charge is 0.255 e. The second-order valence-corrected chi connectivity index (χ2v) is 4.73. The number of aromatic nitrogens is 1. The zero-order valence-electron chi connectivity index (χ0n) is 12.0. The van der Waals surface area contributed by atoms with Gasteiger partial charge in [-0.15, -0.1) is 0 Å². The van der Waals surface area contributed by atoms with Crippen LogP contribution in [0.5, 0.6) is 0 Å². The number of amides is 1. The molecule has 0 saturated carbocycles. The summed E-state index contributed by atoms with van der Waals surface area (Å²) in [6.45, 7) is 3.45. The van der Waals surface area contributed by atoms with Gasteiger partial charge in [0.25, 0.3) is 5.91 Å². The minimum Gasteiger partial charge on any atom is -0.335 e. The molecule has 0 aliphatic rings. The first kappa shape index (κ1) is 15.0. The van der Waals surface area contributed by atoms with Crippen molar-refractivity contribution < 1.29 is 4.79 Å². The van der Waals surface area contributed by atoms with Gasteiger partial charge in [-0.2, -0.15) is 0 Å². The summed E-state index contributed by atoms with van der Waals surface area (Å²) in [5.41, 5.74) is 8.06. The van der Waals surface area contributed by atoms with E-state index in [0.29, 0.717) is 25.2 Å². The van der Waals surface area contributed by atoms with E-state index in [-0.39, 0.29) is 11.5 Å². The number of carbonyl (C=O) groups is 1. The molecule has 1 aromatic heterocycles. The molecule has 5 heteroatoms. The normalized spacial score (nSPS) is 10.4. The van der Waals surface area contributed by atoms with E-state index in [4.69, 9.17) is 5.73 Å². The first-order valence-electron chi connectivity index (χ1n) is 6.90. The molecule has 2 aromatic rings. The van der Waals surface area contributed by atoms with E-state index in [0.717, 1.165) is 11.1 Å². The van der Waals surface area contributed by atoms with Crippen LogP contribution in [0.1, 0.15) is 28.4 Å². The molecule has 3 N–H and O–H groups in total. The fraction of sp³-hybridized carbons (Fsp3) is 0.250. The van der Waals surface area contributed by atoms with Crippen molar-refractivity contribution in [2.75, 3.05) is 6.54 Å². The number of aromatic amines is 1. The Hall–Kier alpha value is -2.40. The minimum atomic E-state index is -0.219. The van der Waals surface area contributed by atoms with Gasteiger partial charge in [-0.05, 0) is 24.1 Å². The van der Waals surface area contributed by atoms with Crippen molar-refractivity contribution in [3.8, 4) is 0 Å². The summed E-state index contributed by atoms with van der Waals surface area (Å²) < 4.78 is 0. The number of nitrogens with zero attached hydrogens (tertiary/aromatic N) is 1. The molecule has 1 aromatic carbocycles. The SMILES string of the molecule is CCN(Cc1ccccc1CN)C(=O)c1ccc(=O)[nH]c1. The highest BCUT2D eigenvalue weighted by molar-refractivity contribution is 5.93. The lowest BCUT2D eigenvalue weighted by molar-refractivity contribution is 0.0752. The van der Waals surface area contributed by atoms with Gasteiger partial charge >= 0.3 is 0 Å². The van der Waals surface area contributed by atoms with E-state index >= 15 is 0 Å². The van der Waals surface area contributed by atoms with Crippen molar-refractivity contribution in [1.29, 1.82) is 0 Å². The summed E-state index contributed by atoms with van der Waals surface area (Å²) >= 11 is 0. The van der Waals surface area contributed by atoms with Crippen LogP contribution >= 0.6 is 0 Å². The Morgan fingerprint density at radius 3 is 2.48 bits per heavy atom. The Morgan fingerprint density at radius 2 is 1.90 bits per heavy atom. The summed E-state index contributed by atoms with van der Waals surface area (Å²) in [4.78, 5) is 27.8. The Kier molecular flexibility index (Phi) is 4.90. The Bertz CT molecular complexity index is 659. The largest absolute Gasteiger partial charge is 0.335 e. The predicted molar refractivity (Wildman–Crippen MR) is 81.8 cm³/mol. The van der Waals surface area contributed by atoms with Gasteiger partial charge in [0.2, 0.25) is 5.56 Å². The molecule has 0 radical (unpaired) electrons. The van der Waals surface area contributed by atoms with Gasteiger partial charge in [-0.1, -0.05) is 24.3 Å². The van der Waals surface area contributed by atoms with Crippen LogP contribution in [0.4, 0.5) is 0 Å². The van der Waals surface area contributed by atoms with Gasteiger partial charge in [0.1, 0.15) is 0 Å². The molecule has 110 valence electrons. The standard InChI is InChI=1S/C16H19N3O2/c1-2-19(11-14-6-4-3-5-12(14)9-17)16(21)13-7-8-15(20)18-10-13/h3-8,10H,2,9,11,17H2,1H3,(H,18,20). The monoisotopic (exact) mass is 285 g/mol. The number of rotatable bonds is 5. The maximum atomic E-state index is 12.5. The highest BCUT2D eigenvalue weighted by Gasteiger charge is 2.15. The van der Waals surface area contributed by atoms with Crippen LogP contribution < -0.4 is 11.3 Å². The molecule has 0 bridgehead atoms. The summed E-state index contributed by atoms with van der Waals surface area (Å²) in [5, 5.41) is 0. The van der Waals surface area contributed by atoms with E-state index in [2.05, 4.69) is 4.98 Å². The fourth-order valence-corrected chi connectivity index (χ4v) is 2.17. The zero-order valence-corrected chi connectivity index (χ0v) is 12.0. The Morgan fingerprint density at radius 1 is 1.19 bits per heavy atom. The quantitative estimate of drug-likeness (QED) is 0.873. The molecule has 0 aliphatic heterocycles. The first-order valence-corrected chi connectivity index (χ1v) is 6.90. The van der Waals surface area contributed by atoms with Gasteiger partial charge in [-0.3, -0.25) is 9.59 Å². The molecule has 0 spiro atoms. The number of benzene rings is 1. The lowest BCUT2D eigenvalue weighted by atomic mass is 10.1. The number of hydrogen-bond donors (Lipinski definition) is 2. The third kappa shape index (κ3) is 3.58. The van der Waals surface area contributed by atoms with Crippen molar-refractivity contribution in [2.24, 2.45) is 5.73 Å². The third-order valence-corrected chi connectivity index (χ3v) is 3.40. The molecular formula is C16H19N3O2. The van der Waals surface area contributed by atoms with E-state index < -0.39 is 0 Å². The van der Waals surface area contributed by atoms with Crippen molar-refractivity contribution in [3.05, 3.63) is 69.6 Å². The summed E-state index contributed by atoms with van der Waals surface area (Å²) in [6, 6.07) is 10.7. The van der Waals surface area contributed by atoms with E-state index in [1.807, 2.05) is 31.2 Å². The average Bonchev–Trinajstić information content (AvgIpc) is 2.53. The van der Waals surface area contributed by atoms with Crippen LogP contribution in [-0.2, 0) is 13.1 Å². The molecule has 0 aliphatic carbocycles. The van der Waals surface area contributed by atoms with Crippen LogP contribution in [0.2, 0.25) is 0 Å². The van der Waals surface area contributed by atoms with E-state index in [9.17, 15) is 9.59 Å². The Labute approximate surface area is 123 Å². The van der Waals surface area contributed by atoms with E-state index in [1.54, 1.807) is 11.0 Å². The van der Waals surface area contributed by atoms with Crippen molar-refractivity contribution >= 4 is 5.91 Å². The number of carbonyl (C=O) groups excluding carboxylic acids is 1. The minimum absolute atomic E-state index is 0.111. The maximum Gasteiger partial charge on any atom is 0.255 e. The molecule has 0 atom stereocenters. The number of nitrogens with one attached hydrogen (secondary N) is 1. The summed E-state index contributed by atoms with van der Waals surface area (Å²) in [5.74, 6) is -0.111. The van der Waals surface area contributed by atoms with Gasteiger partial charge in [0.05, 0.1) is 5.56 Å². The maximum absolute atomic E-state index is 12.5. The summed E-state index contributed by atoms with van der Waals surface area (Å²) in [6.07, 6.45) is 1.45. The number of H-pyrrole nitrogens is 1.